The third-order valence-corrected chi connectivity index (χ3v) is 7.35. The zero-order valence-corrected chi connectivity index (χ0v) is 21.4. The van der Waals surface area contributed by atoms with Gasteiger partial charge in [-0.3, -0.25) is 4.79 Å². The van der Waals surface area contributed by atoms with Crippen molar-refractivity contribution in [2.45, 2.75) is 25.9 Å². The SMILES string of the molecule is CCN1CCN(C(=O)CC(c2cccc(OCc3ccccc3)c2)c2c[nH]c3ccc(Cl)cc23)CC1. The molecule has 36 heavy (non-hydrogen) atoms. The number of aromatic nitrogens is 1. The van der Waals surface area contributed by atoms with E-state index < -0.39 is 0 Å². The van der Waals surface area contributed by atoms with Gasteiger partial charge in [0.25, 0.3) is 0 Å². The summed E-state index contributed by atoms with van der Waals surface area (Å²) < 4.78 is 6.12. The van der Waals surface area contributed by atoms with Crippen LogP contribution in [0.2, 0.25) is 5.02 Å². The van der Waals surface area contributed by atoms with Crippen molar-refractivity contribution in [3.8, 4) is 5.75 Å². The second-order valence-electron chi connectivity index (χ2n) is 9.35. The Balaban J connectivity index is 1.43. The number of amides is 1. The number of nitrogens with zero attached hydrogens (tertiary/aromatic N) is 2. The molecule has 1 amide bonds. The van der Waals surface area contributed by atoms with Crippen LogP contribution in [0.3, 0.4) is 0 Å². The maximum absolute atomic E-state index is 13.5. The molecule has 1 aromatic heterocycles. The summed E-state index contributed by atoms with van der Waals surface area (Å²) in [7, 11) is 0. The summed E-state index contributed by atoms with van der Waals surface area (Å²) in [6.07, 6.45) is 2.42. The number of aromatic amines is 1. The first-order valence-corrected chi connectivity index (χ1v) is 13.0. The number of benzene rings is 3. The molecule has 3 aromatic carbocycles. The fourth-order valence-electron chi connectivity index (χ4n) is 4.99. The Bertz CT molecular complexity index is 1310. The molecule has 6 heteroatoms. The molecule has 1 aliphatic heterocycles. The first kappa shape index (κ1) is 24.4. The van der Waals surface area contributed by atoms with Gasteiger partial charge >= 0.3 is 0 Å². The number of fused-ring (bicyclic) bond motifs is 1. The van der Waals surface area contributed by atoms with Crippen molar-refractivity contribution in [2.24, 2.45) is 0 Å². The number of rotatable bonds is 8. The van der Waals surface area contributed by atoms with Crippen LogP contribution in [-0.2, 0) is 11.4 Å². The van der Waals surface area contributed by atoms with Crippen LogP contribution in [0, 0.1) is 0 Å². The summed E-state index contributed by atoms with van der Waals surface area (Å²) in [5.74, 6) is 0.861. The predicted octanol–water partition coefficient (Wildman–Crippen LogP) is 6.09. The highest BCUT2D eigenvalue weighted by Crippen LogP contribution is 2.36. The van der Waals surface area contributed by atoms with Gasteiger partial charge in [-0.25, -0.2) is 0 Å². The van der Waals surface area contributed by atoms with Crippen molar-refractivity contribution in [3.63, 3.8) is 0 Å². The van der Waals surface area contributed by atoms with Crippen LogP contribution in [0.15, 0.2) is 79.0 Å². The first-order valence-electron chi connectivity index (χ1n) is 12.6. The summed E-state index contributed by atoms with van der Waals surface area (Å²) in [6.45, 7) is 7.10. The summed E-state index contributed by atoms with van der Waals surface area (Å²) in [5.41, 5.74) is 4.27. The Labute approximate surface area is 217 Å². The normalized spacial score (nSPS) is 15.2. The lowest BCUT2D eigenvalue weighted by Gasteiger charge is -2.35. The smallest absolute Gasteiger partial charge is 0.223 e. The number of piperazine rings is 1. The largest absolute Gasteiger partial charge is 0.489 e. The van der Waals surface area contributed by atoms with Crippen LogP contribution in [0.25, 0.3) is 10.9 Å². The second-order valence-corrected chi connectivity index (χ2v) is 9.79. The van der Waals surface area contributed by atoms with E-state index in [1.165, 1.54) is 0 Å². The van der Waals surface area contributed by atoms with E-state index in [1.54, 1.807) is 0 Å². The molecule has 0 aliphatic carbocycles. The highest BCUT2D eigenvalue weighted by Gasteiger charge is 2.27. The number of hydrogen-bond acceptors (Lipinski definition) is 3. The van der Waals surface area contributed by atoms with Gasteiger partial charge in [0.2, 0.25) is 5.91 Å². The number of carbonyl (C=O) groups excluding carboxylic acids is 1. The number of nitrogens with one attached hydrogen (secondary N) is 1. The molecule has 4 aromatic rings. The number of ether oxygens (including phenoxy) is 1. The third-order valence-electron chi connectivity index (χ3n) is 7.11. The summed E-state index contributed by atoms with van der Waals surface area (Å²) in [6, 6.07) is 24.1. The highest BCUT2D eigenvalue weighted by atomic mass is 35.5. The molecule has 2 heterocycles. The molecule has 0 bridgehead atoms. The number of likely N-dealkylation sites (N-methyl/N-ethyl adjacent to an activating group) is 1. The molecule has 1 fully saturated rings. The van der Waals surface area contributed by atoms with Gasteiger partial charge in [-0.05, 0) is 53.6 Å². The number of H-pyrrole nitrogens is 1. The molecule has 1 atom stereocenters. The minimum Gasteiger partial charge on any atom is -0.489 e. The summed E-state index contributed by atoms with van der Waals surface area (Å²) >= 11 is 6.36. The summed E-state index contributed by atoms with van der Waals surface area (Å²) in [4.78, 5) is 21.3. The van der Waals surface area contributed by atoms with Gasteiger partial charge in [0.05, 0.1) is 0 Å². The van der Waals surface area contributed by atoms with Gasteiger partial charge in [-0.1, -0.05) is 61.0 Å². The Morgan fingerprint density at radius 2 is 1.81 bits per heavy atom. The molecule has 1 unspecified atom stereocenters. The van der Waals surface area contributed by atoms with Crippen molar-refractivity contribution in [1.29, 1.82) is 0 Å². The monoisotopic (exact) mass is 501 g/mol. The van der Waals surface area contributed by atoms with Crippen LogP contribution < -0.4 is 4.74 Å². The van der Waals surface area contributed by atoms with Crippen LogP contribution in [-0.4, -0.2) is 53.4 Å². The minimum atomic E-state index is -0.116. The number of carbonyl (C=O) groups is 1. The lowest BCUT2D eigenvalue weighted by atomic mass is 9.87. The molecule has 0 radical (unpaired) electrons. The lowest BCUT2D eigenvalue weighted by Crippen LogP contribution is -2.48. The molecule has 0 spiro atoms. The van der Waals surface area contributed by atoms with E-state index in [1.807, 2.05) is 59.6 Å². The zero-order chi connectivity index (χ0) is 24.9. The van der Waals surface area contributed by atoms with Crippen LogP contribution >= 0.6 is 11.6 Å². The van der Waals surface area contributed by atoms with Gasteiger partial charge < -0.3 is 19.5 Å². The van der Waals surface area contributed by atoms with Gasteiger partial charge in [0.1, 0.15) is 12.4 Å². The molecular formula is C30H32ClN3O2. The number of hydrogen-bond donors (Lipinski definition) is 1. The fraction of sp³-hybridized carbons (Fsp3) is 0.300. The van der Waals surface area contributed by atoms with Crippen molar-refractivity contribution < 1.29 is 9.53 Å². The Morgan fingerprint density at radius 1 is 1.00 bits per heavy atom. The van der Waals surface area contributed by atoms with Gasteiger partial charge in [-0.15, -0.1) is 0 Å². The van der Waals surface area contributed by atoms with E-state index in [2.05, 4.69) is 41.1 Å². The third kappa shape index (κ3) is 5.58. The van der Waals surface area contributed by atoms with Gasteiger partial charge in [0.15, 0.2) is 0 Å². The highest BCUT2D eigenvalue weighted by molar-refractivity contribution is 6.31. The van der Waals surface area contributed by atoms with Crippen LogP contribution in [0.5, 0.6) is 5.75 Å². The maximum atomic E-state index is 13.5. The fourth-order valence-corrected chi connectivity index (χ4v) is 5.16. The molecule has 1 N–H and O–H groups in total. The van der Waals surface area contributed by atoms with Crippen molar-refractivity contribution in [3.05, 3.63) is 101 Å². The predicted molar refractivity (Wildman–Crippen MR) is 146 cm³/mol. The lowest BCUT2D eigenvalue weighted by molar-refractivity contribution is -0.133. The average Bonchev–Trinajstić information content (AvgIpc) is 3.34. The number of halogens is 1. The Morgan fingerprint density at radius 3 is 2.58 bits per heavy atom. The average molecular weight is 502 g/mol. The minimum absolute atomic E-state index is 0.116. The second kappa shape index (κ2) is 11.2. The van der Waals surface area contributed by atoms with E-state index in [4.69, 9.17) is 16.3 Å². The molecule has 5 rings (SSSR count). The van der Waals surface area contributed by atoms with Crippen molar-refractivity contribution >= 4 is 28.4 Å². The molecular weight excluding hydrogens is 470 g/mol. The van der Waals surface area contributed by atoms with E-state index in [0.29, 0.717) is 18.1 Å². The molecule has 1 aliphatic rings. The molecule has 5 nitrogen and oxygen atoms in total. The molecule has 186 valence electrons. The van der Waals surface area contributed by atoms with E-state index in [-0.39, 0.29) is 11.8 Å². The summed E-state index contributed by atoms with van der Waals surface area (Å²) in [5, 5.41) is 1.73. The van der Waals surface area contributed by atoms with Crippen LogP contribution in [0.4, 0.5) is 0 Å². The molecule has 1 saturated heterocycles. The van der Waals surface area contributed by atoms with Gasteiger partial charge in [-0.2, -0.15) is 0 Å². The van der Waals surface area contributed by atoms with Crippen LogP contribution in [0.1, 0.15) is 36.0 Å². The Hall–Kier alpha value is -3.28. The van der Waals surface area contributed by atoms with Crippen molar-refractivity contribution in [1.82, 2.24) is 14.8 Å². The van der Waals surface area contributed by atoms with E-state index >= 15 is 0 Å². The topological polar surface area (TPSA) is 48.6 Å². The Kier molecular flexibility index (Phi) is 7.59. The van der Waals surface area contributed by atoms with Gasteiger partial charge in [0, 0.05) is 60.6 Å². The van der Waals surface area contributed by atoms with E-state index in [0.717, 1.165) is 66.1 Å². The first-order chi connectivity index (χ1) is 17.6. The van der Waals surface area contributed by atoms with Crippen molar-refractivity contribution in [2.75, 3.05) is 32.7 Å². The maximum Gasteiger partial charge on any atom is 0.223 e. The zero-order valence-electron chi connectivity index (χ0n) is 20.6. The quantitative estimate of drug-likeness (QED) is 0.318. The molecule has 0 saturated carbocycles. The van der Waals surface area contributed by atoms with E-state index in [9.17, 15) is 4.79 Å². The standard InChI is InChI=1S/C30H32ClN3O2/c1-2-33-13-15-34(16-14-33)30(35)19-26(28-20-32-29-12-11-24(31)18-27(28)29)23-9-6-10-25(17-23)36-21-22-7-4-3-5-8-22/h3-12,17-18,20,26,32H,2,13-16,19,21H2,1H3.